The lowest BCUT2D eigenvalue weighted by Crippen LogP contribution is -2.22. The van der Waals surface area contributed by atoms with Crippen molar-refractivity contribution in [1.82, 2.24) is 5.32 Å². The summed E-state index contributed by atoms with van der Waals surface area (Å²) >= 11 is 18.7. The van der Waals surface area contributed by atoms with Crippen molar-refractivity contribution in [1.29, 1.82) is 0 Å². The molecule has 0 saturated heterocycles. The van der Waals surface area contributed by atoms with Crippen LogP contribution in [0.3, 0.4) is 0 Å². The molecule has 0 aliphatic rings. The second kappa shape index (κ2) is 7.37. The average molecular weight is 345 g/mol. The van der Waals surface area contributed by atoms with Gasteiger partial charge in [-0.1, -0.05) is 53.9 Å². The molecule has 0 aliphatic heterocycles. The molecule has 112 valence electrons. The maximum atomic E-state index is 6.39. The van der Waals surface area contributed by atoms with Crippen molar-refractivity contribution in [3.8, 4) is 5.75 Å². The van der Waals surface area contributed by atoms with E-state index in [2.05, 4.69) is 5.32 Å². The third kappa shape index (κ3) is 3.83. The minimum Gasteiger partial charge on any atom is -0.495 e. The van der Waals surface area contributed by atoms with Crippen molar-refractivity contribution in [3.63, 3.8) is 0 Å². The van der Waals surface area contributed by atoms with Crippen LogP contribution in [0, 0.1) is 0 Å². The second-order valence-corrected chi connectivity index (χ2v) is 5.80. The highest BCUT2D eigenvalue weighted by atomic mass is 35.5. The first kappa shape index (κ1) is 16.4. The van der Waals surface area contributed by atoms with Crippen LogP contribution in [0.2, 0.25) is 15.1 Å². The van der Waals surface area contributed by atoms with E-state index in [4.69, 9.17) is 39.5 Å². The highest BCUT2D eigenvalue weighted by Gasteiger charge is 2.18. The Balaban J connectivity index is 2.50. The zero-order valence-corrected chi connectivity index (χ0v) is 14.1. The molecule has 21 heavy (non-hydrogen) atoms. The van der Waals surface area contributed by atoms with Gasteiger partial charge in [-0.15, -0.1) is 0 Å². The first-order valence-corrected chi connectivity index (χ1v) is 7.72. The smallest absolute Gasteiger partial charge is 0.138 e. The SMILES string of the molecule is CCNC(c1cccc(Cl)c1)c1cc(Cl)c(OC)cc1Cl. The molecule has 0 heterocycles. The predicted octanol–water partition coefficient (Wildman–Crippen LogP) is 5.35. The Bertz CT molecular complexity index is 631. The standard InChI is InChI=1S/C16H16Cl3NO/c1-3-20-16(10-5-4-6-11(17)7-10)12-8-14(19)15(21-2)9-13(12)18/h4-9,16,20H,3H2,1-2H3. The molecule has 0 aliphatic carbocycles. The highest BCUT2D eigenvalue weighted by molar-refractivity contribution is 6.34. The van der Waals surface area contributed by atoms with E-state index in [1.54, 1.807) is 13.2 Å². The van der Waals surface area contributed by atoms with Crippen molar-refractivity contribution in [2.75, 3.05) is 13.7 Å². The van der Waals surface area contributed by atoms with Crippen molar-refractivity contribution in [3.05, 3.63) is 62.6 Å². The number of hydrogen-bond acceptors (Lipinski definition) is 2. The van der Waals surface area contributed by atoms with E-state index in [0.717, 1.165) is 17.7 Å². The summed E-state index contributed by atoms with van der Waals surface area (Å²) in [4.78, 5) is 0. The summed E-state index contributed by atoms with van der Waals surface area (Å²) in [5.41, 5.74) is 1.93. The topological polar surface area (TPSA) is 21.3 Å². The summed E-state index contributed by atoms with van der Waals surface area (Å²) in [6.45, 7) is 2.83. The number of halogens is 3. The molecule has 1 atom stereocenters. The quantitative estimate of drug-likeness (QED) is 0.789. The lowest BCUT2D eigenvalue weighted by Gasteiger charge is -2.21. The maximum Gasteiger partial charge on any atom is 0.138 e. The number of ether oxygens (including phenoxy) is 1. The van der Waals surface area contributed by atoms with E-state index in [0.29, 0.717) is 20.8 Å². The number of methoxy groups -OCH3 is 1. The predicted molar refractivity (Wildman–Crippen MR) is 90.0 cm³/mol. The third-order valence-corrected chi connectivity index (χ3v) is 4.03. The molecular weight excluding hydrogens is 329 g/mol. The fourth-order valence-electron chi connectivity index (χ4n) is 2.22. The molecule has 1 N–H and O–H groups in total. The largest absolute Gasteiger partial charge is 0.495 e. The minimum absolute atomic E-state index is 0.0791. The first-order chi connectivity index (χ1) is 10.1. The first-order valence-electron chi connectivity index (χ1n) is 6.58. The van der Waals surface area contributed by atoms with Gasteiger partial charge in [-0.2, -0.15) is 0 Å². The lowest BCUT2D eigenvalue weighted by molar-refractivity contribution is 0.414. The Morgan fingerprint density at radius 3 is 2.48 bits per heavy atom. The van der Waals surface area contributed by atoms with E-state index in [1.165, 1.54) is 0 Å². The van der Waals surface area contributed by atoms with Gasteiger partial charge in [-0.05, 0) is 35.9 Å². The average Bonchev–Trinajstić information content (AvgIpc) is 2.47. The van der Waals surface area contributed by atoms with E-state index in [9.17, 15) is 0 Å². The molecule has 0 spiro atoms. The molecule has 2 nitrogen and oxygen atoms in total. The molecule has 0 fully saturated rings. The molecular formula is C16H16Cl3NO. The van der Waals surface area contributed by atoms with Crippen LogP contribution in [0.5, 0.6) is 5.75 Å². The molecule has 0 amide bonds. The van der Waals surface area contributed by atoms with Crippen molar-refractivity contribution in [2.24, 2.45) is 0 Å². The molecule has 0 aromatic heterocycles. The van der Waals surface area contributed by atoms with Crippen LogP contribution in [0.15, 0.2) is 36.4 Å². The summed E-state index contributed by atoms with van der Waals surface area (Å²) in [7, 11) is 1.57. The number of benzene rings is 2. The van der Waals surface area contributed by atoms with Gasteiger partial charge in [0, 0.05) is 16.1 Å². The van der Waals surface area contributed by atoms with Crippen LogP contribution in [-0.4, -0.2) is 13.7 Å². The molecule has 0 saturated carbocycles. The van der Waals surface area contributed by atoms with Crippen LogP contribution in [0.4, 0.5) is 0 Å². The Morgan fingerprint density at radius 1 is 1.10 bits per heavy atom. The highest BCUT2D eigenvalue weighted by Crippen LogP contribution is 2.36. The van der Waals surface area contributed by atoms with E-state index >= 15 is 0 Å². The van der Waals surface area contributed by atoms with Gasteiger partial charge in [0.1, 0.15) is 5.75 Å². The molecule has 5 heteroatoms. The Labute approximate surface area is 140 Å². The molecule has 1 unspecified atom stereocenters. The van der Waals surface area contributed by atoms with Gasteiger partial charge in [0.2, 0.25) is 0 Å². The molecule has 0 bridgehead atoms. The van der Waals surface area contributed by atoms with E-state index in [1.807, 2.05) is 37.3 Å². The summed E-state index contributed by atoms with van der Waals surface area (Å²) in [5, 5.41) is 5.22. The van der Waals surface area contributed by atoms with Crippen LogP contribution in [0.25, 0.3) is 0 Å². The summed E-state index contributed by atoms with van der Waals surface area (Å²) < 4.78 is 5.19. The van der Waals surface area contributed by atoms with Crippen LogP contribution in [0.1, 0.15) is 24.1 Å². The Hall–Kier alpha value is -0.930. The van der Waals surface area contributed by atoms with Crippen LogP contribution in [-0.2, 0) is 0 Å². The summed E-state index contributed by atoms with van der Waals surface area (Å²) in [5.74, 6) is 0.562. The fourth-order valence-corrected chi connectivity index (χ4v) is 2.93. The van der Waals surface area contributed by atoms with Gasteiger partial charge in [0.05, 0.1) is 18.2 Å². The van der Waals surface area contributed by atoms with Crippen molar-refractivity contribution >= 4 is 34.8 Å². The van der Waals surface area contributed by atoms with Gasteiger partial charge >= 0.3 is 0 Å². The second-order valence-electron chi connectivity index (χ2n) is 4.55. The molecule has 2 aromatic carbocycles. The molecule has 0 radical (unpaired) electrons. The number of nitrogens with one attached hydrogen (secondary N) is 1. The maximum absolute atomic E-state index is 6.39. The Kier molecular flexibility index (Phi) is 5.77. The zero-order chi connectivity index (χ0) is 15.4. The van der Waals surface area contributed by atoms with Gasteiger partial charge in [0.15, 0.2) is 0 Å². The van der Waals surface area contributed by atoms with Crippen molar-refractivity contribution < 1.29 is 4.74 Å². The summed E-state index contributed by atoms with van der Waals surface area (Å²) in [6.07, 6.45) is 0. The molecule has 2 rings (SSSR count). The van der Waals surface area contributed by atoms with Gasteiger partial charge in [0.25, 0.3) is 0 Å². The van der Waals surface area contributed by atoms with Gasteiger partial charge in [-0.3, -0.25) is 0 Å². The number of hydrogen-bond donors (Lipinski definition) is 1. The minimum atomic E-state index is -0.0791. The van der Waals surface area contributed by atoms with Crippen LogP contribution < -0.4 is 10.1 Å². The Morgan fingerprint density at radius 2 is 1.86 bits per heavy atom. The fraction of sp³-hybridized carbons (Fsp3) is 0.250. The number of rotatable bonds is 5. The monoisotopic (exact) mass is 343 g/mol. The normalized spacial score (nSPS) is 12.2. The third-order valence-electron chi connectivity index (χ3n) is 3.17. The summed E-state index contributed by atoms with van der Waals surface area (Å²) in [6, 6.07) is 11.2. The van der Waals surface area contributed by atoms with E-state index in [-0.39, 0.29) is 6.04 Å². The zero-order valence-electron chi connectivity index (χ0n) is 11.8. The van der Waals surface area contributed by atoms with Crippen LogP contribution >= 0.6 is 34.8 Å². The van der Waals surface area contributed by atoms with Gasteiger partial charge in [-0.25, -0.2) is 0 Å². The molecule has 2 aromatic rings. The van der Waals surface area contributed by atoms with E-state index < -0.39 is 0 Å². The van der Waals surface area contributed by atoms with Crippen molar-refractivity contribution in [2.45, 2.75) is 13.0 Å². The van der Waals surface area contributed by atoms with Gasteiger partial charge < -0.3 is 10.1 Å². The lowest BCUT2D eigenvalue weighted by atomic mass is 9.98.